The Bertz CT molecular complexity index is 501. The first-order valence-corrected chi connectivity index (χ1v) is 6.41. The number of carboxylic acid groups (broad SMARTS) is 1. The molecular weight excluding hydrogens is 250 g/mol. The molecule has 1 saturated heterocycles. The van der Waals surface area contributed by atoms with Gasteiger partial charge >= 0.3 is 5.97 Å². The van der Waals surface area contributed by atoms with Gasteiger partial charge in [0.05, 0.1) is 11.3 Å². The molecule has 4 nitrogen and oxygen atoms in total. The van der Waals surface area contributed by atoms with Crippen LogP contribution >= 0.6 is 12.6 Å². The van der Waals surface area contributed by atoms with Gasteiger partial charge in [-0.15, -0.1) is 0 Å². The van der Waals surface area contributed by atoms with Crippen LogP contribution in [0.4, 0.5) is 5.69 Å². The molecule has 18 heavy (non-hydrogen) atoms. The molecule has 1 amide bonds. The normalized spacial score (nSPS) is 19.3. The number of aromatic carboxylic acids is 1. The van der Waals surface area contributed by atoms with Gasteiger partial charge in [-0.3, -0.25) is 4.79 Å². The monoisotopic (exact) mass is 265 g/mol. The molecule has 0 spiro atoms. The number of carboxylic acids is 1. The number of amides is 1. The lowest BCUT2D eigenvalue weighted by Crippen LogP contribution is -2.26. The zero-order chi connectivity index (χ0) is 13.3. The first-order valence-electron chi connectivity index (χ1n) is 5.78. The molecule has 1 unspecified atom stereocenters. The summed E-state index contributed by atoms with van der Waals surface area (Å²) in [5, 5.41) is 9.21. The molecule has 0 aromatic heterocycles. The zero-order valence-corrected chi connectivity index (χ0v) is 11.0. The molecule has 1 fully saturated rings. The van der Waals surface area contributed by atoms with E-state index in [9.17, 15) is 14.7 Å². The highest BCUT2D eigenvalue weighted by atomic mass is 32.1. The molecule has 1 atom stereocenters. The Balaban J connectivity index is 2.39. The topological polar surface area (TPSA) is 57.6 Å². The van der Waals surface area contributed by atoms with Crippen LogP contribution in [-0.2, 0) is 4.79 Å². The van der Waals surface area contributed by atoms with Crippen molar-refractivity contribution >= 4 is 30.2 Å². The number of thiol groups is 1. The van der Waals surface area contributed by atoms with Crippen LogP contribution in [0.15, 0.2) is 18.2 Å². The number of hydrogen-bond acceptors (Lipinski definition) is 3. The second kappa shape index (κ2) is 5.02. The van der Waals surface area contributed by atoms with Crippen molar-refractivity contribution in [2.45, 2.75) is 13.3 Å². The largest absolute Gasteiger partial charge is 0.478 e. The summed E-state index contributed by atoms with van der Waals surface area (Å²) >= 11 is 4.20. The molecule has 0 aliphatic carbocycles. The molecule has 1 aliphatic rings. The van der Waals surface area contributed by atoms with E-state index in [4.69, 9.17) is 0 Å². The minimum Gasteiger partial charge on any atom is -0.478 e. The number of rotatable bonds is 3. The van der Waals surface area contributed by atoms with Gasteiger partial charge in [-0.25, -0.2) is 4.79 Å². The van der Waals surface area contributed by atoms with Crippen LogP contribution in [0.25, 0.3) is 0 Å². The van der Waals surface area contributed by atoms with Gasteiger partial charge in [0, 0.05) is 13.0 Å². The minimum absolute atomic E-state index is 0.0274. The zero-order valence-electron chi connectivity index (χ0n) is 10.1. The van der Waals surface area contributed by atoms with Gasteiger partial charge in [0.1, 0.15) is 0 Å². The molecule has 96 valence electrons. The lowest BCUT2D eigenvalue weighted by Gasteiger charge is -2.19. The number of carbonyl (C=O) groups is 2. The number of carbonyl (C=O) groups excluding carboxylic acids is 1. The predicted molar refractivity (Wildman–Crippen MR) is 72.5 cm³/mol. The Morgan fingerprint density at radius 3 is 2.83 bits per heavy atom. The summed E-state index contributed by atoms with van der Waals surface area (Å²) < 4.78 is 0. The maximum Gasteiger partial charge on any atom is 0.337 e. The summed E-state index contributed by atoms with van der Waals surface area (Å²) in [5.74, 6) is -0.198. The first kappa shape index (κ1) is 13.0. The molecule has 1 aromatic rings. The molecule has 1 aliphatic heterocycles. The Labute approximate surface area is 111 Å². The first-order chi connectivity index (χ1) is 8.52. The van der Waals surface area contributed by atoms with E-state index in [2.05, 4.69) is 12.6 Å². The second-order valence-electron chi connectivity index (χ2n) is 4.58. The summed E-state index contributed by atoms with van der Waals surface area (Å²) in [6.45, 7) is 2.38. The van der Waals surface area contributed by atoms with Crippen molar-refractivity contribution in [1.29, 1.82) is 0 Å². The maximum absolute atomic E-state index is 11.9. The van der Waals surface area contributed by atoms with Gasteiger partial charge in [0.2, 0.25) is 5.91 Å². The summed E-state index contributed by atoms with van der Waals surface area (Å²) in [6.07, 6.45) is 0.441. The van der Waals surface area contributed by atoms with Crippen molar-refractivity contribution in [3.05, 3.63) is 29.3 Å². The molecule has 0 radical (unpaired) electrons. The van der Waals surface area contributed by atoms with Crippen LogP contribution < -0.4 is 4.90 Å². The molecular formula is C13H15NO3S. The summed E-state index contributed by atoms with van der Waals surface area (Å²) in [5.41, 5.74) is 1.54. The predicted octanol–water partition coefficient (Wildman–Crippen LogP) is 1.98. The average Bonchev–Trinajstić information content (AvgIpc) is 2.70. The fourth-order valence-electron chi connectivity index (χ4n) is 2.19. The molecule has 1 N–H and O–H groups in total. The number of benzene rings is 1. The summed E-state index contributed by atoms with van der Waals surface area (Å²) in [6, 6.07) is 5.12. The van der Waals surface area contributed by atoms with Crippen molar-refractivity contribution < 1.29 is 14.7 Å². The third kappa shape index (κ3) is 2.36. The fourth-order valence-corrected chi connectivity index (χ4v) is 2.44. The third-order valence-electron chi connectivity index (χ3n) is 3.14. The molecule has 0 saturated carbocycles. The fraction of sp³-hybridized carbons (Fsp3) is 0.385. The van der Waals surface area contributed by atoms with E-state index in [0.29, 0.717) is 24.4 Å². The standard InChI is InChI=1S/C13H15NO3S/c1-8-2-3-11(10(4-8)13(16)17)14-6-9(7-18)5-12(14)15/h2-4,9,18H,5-7H2,1H3,(H,16,17). The minimum atomic E-state index is -1.00. The summed E-state index contributed by atoms with van der Waals surface area (Å²) in [4.78, 5) is 24.7. The Morgan fingerprint density at radius 1 is 1.56 bits per heavy atom. The smallest absolute Gasteiger partial charge is 0.337 e. The van der Waals surface area contributed by atoms with Gasteiger partial charge in [-0.1, -0.05) is 11.6 Å². The van der Waals surface area contributed by atoms with E-state index in [1.807, 2.05) is 13.0 Å². The maximum atomic E-state index is 11.9. The Hall–Kier alpha value is -1.49. The highest BCUT2D eigenvalue weighted by molar-refractivity contribution is 7.80. The second-order valence-corrected chi connectivity index (χ2v) is 4.95. The SMILES string of the molecule is Cc1ccc(N2CC(CS)CC2=O)c(C(=O)O)c1. The van der Waals surface area contributed by atoms with Crippen molar-refractivity contribution in [3.8, 4) is 0 Å². The van der Waals surface area contributed by atoms with Crippen LogP contribution in [0.3, 0.4) is 0 Å². The van der Waals surface area contributed by atoms with E-state index in [0.717, 1.165) is 5.56 Å². The molecule has 2 rings (SSSR count). The molecule has 0 bridgehead atoms. The average molecular weight is 265 g/mol. The highest BCUT2D eigenvalue weighted by Gasteiger charge is 2.31. The van der Waals surface area contributed by atoms with E-state index >= 15 is 0 Å². The van der Waals surface area contributed by atoms with Crippen molar-refractivity contribution in [1.82, 2.24) is 0 Å². The molecule has 1 heterocycles. The number of aryl methyl sites for hydroxylation is 1. The number of anilines is 1. The number of nitrogens with zero attached hydrogens (tertiary/aromatic N) is 1. The van der Waals surface area contributed by atoms with Crippen LogP contribution in [0.1, 0.15) is 22.3 Å². The molecule has 1 aromatic carbocycles. The van der Waals surface area contributed by atoms with Crippen molar-refractivity contribution in [3.63, 3.8) is 0 Å². The van der Waals surface area contributed by atoms with Crippen LogP contribution in [0.5, 0.6) is 0 Å². The van der Waals surface area contributed by atoms with Gasteiger partial charge < -0.3 is 10.0 Å². The lowest BCUT2D eigenvalue weighted by atomic mass is 10.1. The van der Waals surface area contributed by atoms with E-state index in [1.165, 1.54) is 0 Å². The van der Waals surface area contributed by atoms with Gasteiger partial charge in [-0.2, -0.15) is 12.6 Å². The summed E-state index contributed by atoms with van der Waals surface area (Å²) in [7, 11) is 0. The Kier molecular flexibility index (Phi) is 3.61. The van der Waals surface area contributed by atoms with Crippen LogP contribution in [-0.4, -0.2) is 29.3 Å². The van der Waals surface area contributed by atoms with Crippen LogP contribution in [0.2, 0.25) is 0 Å². The van der Waals surface area contributed by atoms with Crippen molar-refractivity contribution in [2.24, 2.45) is 5.92 Å². The van der Waals surface area contributed by atoms with Crippen LogP contribution in [0, 0.1) is 12.8 Å². The quantitative estimate of drug-likeness (QED) is 0.822. The van der Waals surface area contributed by atoms with Gasteiger partial charge in [0.25, 0.3) is 0 Å². The van der Waals surface area contributed by atoms with Gasteiger partial charge in [-0.05, 0) is 30.7 Å². The third-order valence-corrected chi connectivity index (χ3v) is 3.65. The Morgan fingerprint density at radius 2 is 2.28 bits per heavy atom. The lowest BCUT2D eigenvalue weighted by molar-refractivity contribution is -0.117. The van der Waals surface area contributed by atoms with E-state index in [-0.39, 0.29) is 17.4 Å². The number of hydrogen-bond donors (Lipinski definition) is 2. The molecule has 5 heteroatoms. The van der Waals surface area contributed by atoms with E-state index < -0.39 is 5.97 Å². The van der Waals surface area contributed by atoms with Gasteiger partial charge in [0.15, 0.2) is 0 Å². The highest BCUT2D eigenvalue weighted by Crippen LogP contribution is 2.29. The van der Waals surface area contributed by atoms with E-state index in [1.54, 1.807) is 17.0 Å². The van der Waals surface area contributed by atoms with Crippen molar-refractivity contribution in [2.75, 3.05) is 17.2 Å².